The molecular weight excluding hydrogens is 324 g/mol. The number of carbonyl (C=O) groups is 2. The Labute approximate surface area is 145 Å². The highest BCUT2D eigenvalue weighted by atomic mass is 32.1. The summed E-state index contributed by atoms with van der Waals surface area (Å²) in [5, 5.41) is 3.83. The van der Waals surface area contributed by atoms with Crippen molar-refractivity contribution in [3.05, 3.63) is 29.3 Å². The van der Waals surface area contributed by atoms with Crippen molar-refractivity contribution >= 4 is 33.4 Å². The van der Waals surface area contributed by atoms with Crippen molar-refractivity contribution in [2.75, 3.05) is 32.7 Å². The zero-order chi connectivity index (χ0) is 16.9. The van der Waals surface area contributed by atoms with Crippen LogP contribution >= 0.6 is 11.3 Å². The Morgan fingerprint density at radius 1 is 1.29 bits per heavy atom. The Hall–Kier alpha value is -1.99. The number of amides is 2. The summed E-state index contributed by atoms with van der Waals surface area (Å²) >= 11 is 1.76. The van der Waals surface area contributed by atoms with Crippen LogP contribution in [0.25, 0.3) is 10.2 Å². The van der Waals surface area contributed by atoms with Gasteiger partial charge < -0.3 is 15.1 Å². The SMILES string of the molecule is CC(=O)NCCC(=O)N1CC[NH+](Cc2nc3ccccc3s2)CC1. The fourth-order valence-electron chi connectivity index (χ4n) is 2.96. The summed E-state index contributed by atoms with van der Waals surface area (Å²) < 4.78 is 1.23. The van der Waals surface area contributed by atoms with E-state index in [1.165, 1.54) is 16.5 Å². The van der Waals surface area contributed by atoms with Gasteiger partial charge in [0, 0.05) is 19.9 Å². The van der Waals surface area contributed by atoms with Crippen molar-refractivity contribution < 1.29 is 14.5 Å². The van der Waals surface area contributed by atoms with Crippen LogP contribution in [0.15, 0.2) is 24.3 Å². The quantitative estimate of drug-likeness (QED) is 0.803. The van der Waals surface area contributed by atoms with E-state index < -0.39 is 0 Å². The average molecular weight is 347 g/mol. The topological polar surface area (TPSA) is 66.7 Å². The number of carbonyl (C=O) groups excluding carboxylic acids is 2. The molecule has 6 nitrogen and oxygen atoms in total. The zero-order valence-electron chi connectivity index (χ0n) is 13.9. The number of para-hydroxylation sites is 1. The third-order valence-electron chi connectivity index (χ3n) is 4.28. The predicted molar refractivity (Wildman–Crippen MR) is 93.9 cm³/mol. The molecule has 0 atom stereocenters. The number of fused-ring (bicyclic) bond motifs is 1. The lowest BCUT2D eigenvalue weighted by atomic mass is 10.2. The highest BCUT2D eigenvalue weighted by molar-refractivity contribution is 7.18. The molecule has 0 saturated carbocycles. The monoisotopic (exact) mass is 347 g/mol. The van der Waals surface area contributed by atoms with Crippen molar-refractivity contribution in [1.82, 2.24) is 15.2 Å². The molecule has 1 aliphatic heterocycles. The lowest BCUT2D eigenvalue weighted by molar-refractivity contribution is -0.917. The normalized spacial score (nSPS) is 15.6. The maximum absolute atomic E-state index is 12.1. The largest absolute Gasteiger partial charge is 0.356 e. The summed E-state index contributed by atoms with van der Waals surface area (Å²) in [6, 6.07) is 8.22. The molecule has 1 aromatic heterocycles. The number of quaternary nitrogens is 1. The molecule has 0 bridgehead atoms. The molecule has 1 aromatic carbocycles. The smallest absolute Gasteiger partial charge is 0.224 e. The van der Waals surface area contributed by atoms with E-state index in [-0.39, 0.29) is 11.8 Å². The van der Waals surface area contributed by atoms with Crippen molar-refractivity contribution in [2.45, 2.75) is 19.9 Å². The van der Waals surface area contributed by atoms with Gasteiger partial charge in [-0.3, -0.25) is 9.59 Å². The van der Waals surface area contributed by atoms with E-state index in [4.69, 9.17) is 4.98 Å². The first-order valence-corrected chi connectivity index (χ1v) is 9.13. The number of nitrogens with zero attached hydrogens (tertiary/aromatic N) is 2. The van der Waals surface area contributed by atoms with Gasteiger partial charge in [-0.15, -0.1) is 11.3 Å². The standard InChI is InChI=1S/C17H22N4O2S/c1-13(22)18-7-6-17(23)21-10-8-20(9-11-21)12-16-19-14-4-2-3-5-15(14)24-16/h2-5H,6-12H2,1H3,(H,18,22)/p+1. The van der Waals surface area contributed by atoms with Crippen molar-refractivity contribution in [3.8, 4) is 0 Å². The number of rotatable bonds is 5. The highest BCUT2D eigenvalue weighted by Gasteiger charge is 2.24. The molecule has 1 aliphatic rings. The van der Waals surface area contributed by atoms with Gasteiger partial charge in [0.25, 0.3) is 0 Å². The fourth-order valence-corrected chi connectivity index (χ4v) is 4.00. The number of benzene rings is 1. The van der Waals surface area contributed by atoms with E-state index >= 15 is 0 Å². The molecule has 128 valence electrons. The predicted octanol–water partition coefficient (Wildman–Crippen LogP) is 0.0496. The van der Waals surface area contributed by atoms with Gasteiger partial charge in [-0.2, -0.15) is 0 Å². The minimum atomic E-state index is -0.0899. The number of aromatic nitrogens is 1. The first-order valence-electron chi connectivity index (χ1n) is 8.32. The maximum Gasteiger partial charge on any atom is 0.224 e. The minimum absolute atomic E-state index is 0.0899. The van der Waals surface area contributed by atoms with E-state index in [2.05, 4.69) is 17.4 Å². The van der Waals surface area contributed by atoms with E-state index in [0.717, 1.165) is 43.2 Å². The number of piperazine rings is 1. The number of nitrogens with one attached hydrogen (secondary N) is 2. The molecule has 2 aromatic rings. The molecule has 7 heteroatoms. The molecular formula is C17H23N4O2S+. The van der Waals surface area contributed by atoms with Crippen molar-refractivity contribution in [1.29, 1.82) is 0 Å². The van der Waals surface area contributed by atoms with Gasteiger partial charge in [-0.05, 0) is 12.1 Å². The number of thiazole rings is 1. The van der Waals surface area contributed by atoms with E-state index in [0.29, 0.717) is 13.0 Å². The fraction of sp³-hybridized carbons (Fsp3) is 0.471. The van der Waals surface area contributed by atoms with Crippen LogP contribution in [0.5, 0.6) is 0 Å². The lowest BCUT2D eigenvalue weighted by Gasteiger charge is -2.31. The molecule has 0 spiro atoms. The van der Waals surface area contributed by atoms with Crippen LogP contribution in [0, 0.1) is 0 Å². The van der Waals surface area contributed by atoms with Crippen molar-refractivity contribution in [3.63, 3.8) is 0 Å². The van der Waals surface area contributed by atoms with Gasteiger partial charge in [0.15, 0.2) is 0 Å². The van der Waals surface area contributed by atoms with Crippen LogP contribution in [0.2, 0.25) is 0 Å². The second-order valence-electron chi connectivity index (χ2n) is 6.12. The van der Waals surface area contributed by atoms with E-state index in [1.807, 2.05) is 17.0 Å². The molecule has 1 fully saturated rings. The Morgan fingerprint density at radius 3 is 2.75 bits per heavy atom. The van der Waals surface area contributed by atoms with E-state index in [1.54, 1.807) is 11.3 Å². The molecule has 24 heavy (non-hydrogen) atoms. The molecule has 1 saturated heterocycles. The highest BCUT2D eigenvalue weighted by Crippen LogP contribution is 2.20. The summed E-state index contributed by atoms with van der Waals surface area (Å²) in [7, 11) is 0. The molecule has 0 radical (unpaired) electrons. The third kappa shape index (κ3) is 4.30. The summed E-state index contributed by atoms with van der Waals surface area (Å²) in [6.07, 6.45) is 0.382. The summed E-state index contributed by atoms with van der Waals surface area (Å²) in [5.41, 5.74) is 1.07. The first-order chi connectivity index (χ1) is 11.6. The van der Waals surface area contributed by atoms with Gasteiger partial charge in [-0.1, -0.05) is 12.1 Å². The second kappa shape index (κ2) is 7.72. The van der Waals surface area contributed by atoms with E-state index in [9.17, 15) is 9.59 Å². The second-order valence-corrected chi connectivity index (χ2v) is 7.23. The van der Waals surface area contributed by atoms with Gasteiger partial charge in [0.05, 0.1) is 36.4 Å². The van der Waals surface area contributed by atoms with Crippen LogP contribution in [-0.4, -0.2) is 54.4 Å². The molecule has 0 aliphatic carbocycles. The molecule has 2 heterocycles. The maximum atomic E-state index is 12.1. The first kappa shape index (κ1) is 16.9. The summed E-state index contributed by atoms with van der Waals surface area (Å²) in [5.74, 6) is 0.0377. The van der Waals surface area contributed by atoms with Gasteiger partial charge in [0.1, 0.15) is 11.6 Å². The Bertz CT molecular complexity index is 689. The number of hydrogen-bond donors (Lipinski definition) is 2. The van der Waals surface area contributed by atoms with Crippen molar-refractivity contribution in [2.24, 2.45) is 0 Å². The van der Waals surface area contributed by atoms with Gasteiger partial charge >= 0.3 is 0 Å². The van der Waals surface area contributed by atoms with Crippen LogP contribution in [0.4, 0.5) is 0 Å². The average Bonchev–Trinajstić information content (AvgIpc) is 2.97. The molecule has 0 unspecified atom stereocenters. The van der Waals surface area contributed by atoms with Crippen LogP contribution < -0.4 is 10.2 Å². The summed E-state index contributed by atoms with van der Waals surface area (Å²) in [4.78, 5) is 31.0. The zero-order valence-corrected chi connectivity index (χ0v) is 14.7. The van der Waals surface area contributed by atoms with Gasteiger partial charge in [-0.25, -0.2) is 4.98 Å². The Morgan fingerprint density at radius 2 is 2.04 bits per heavy atom. The van der Waals surface area contributed by atoms with Gasteiger partial charge in [0.2, 0.25) is 11.8 Å². The summed E-state index contributed by atoms with van der Waals surface area (Å²) in [6.45, 7) is 6.26. The minimum Gasteiger partial charge on any atom is -0.356 e. The molecule has 2 amide bonds. The van der Waals surface area contributed by atoms with Crippen LogP contribution in [0.1, 0.15) is 18.4 Å². The molecule has 2 N–H and O–H groups in total. The Kier molecular flexibility index (Phi) is 5.42. The number of hydrogen-bond acceptors (Lipinski definition) is 4. The van der Waals surface area contributed by atoms with Crippen LogP contribution in [0.3, 0.4) is 0 Å². The molecule has 3 rings (SSSR count). The third-order valence-corrected chi connectivity index (χ3v) is 5.31. The lowest BCUT2D eigenvalue weighted by Crippen LogP contribution is -3.13. The Balaban J connectivity index is 1.46. The van der Waals surface area contributed by atoms with Crippen LogP contribution in [-0.2, 0) is 16.1 Å².